The molecule has 0 aliphatic heterocycles. The Morgan fingerprint density at radius 3 is 2.07 bits per heavy atom. The van der Waals surface area contributed by atoms with Crippen molar-refractivity contribution in [1.82, 2.24) is 15.1 Å². The van der Waals surface area contributed by atoms with Gasteiger partial charge in [0.05, 0.1) is 12.5 Å². The van der Waals surface area contributed by atoms with E-state index in [1.165, 1.54) is 6.92 Å². The molecule has 0 aliphatic carbocycles. The molecular weight excluding hydrogens is 338 g/mol. The highest BCUT2D eigenvalue weighted by molar-refractivity contribution is 5.79. The summed E-state index contributed by atoms with van der Waals surface area (Å²) >= 11 is 0. The number of carbonyl (C=O) groups excluding carboxylic acids is 2. The maximum absolute atomic E-state index is 13.1. The zero-order valence-electron chi connectivity index (χ0n) is 16.4. The highest BCUT2D eigenvalue weighted by Gasteiger charge is 2.21. The van der Waals surface area contributed by atoms with Crippen LogP contribution in [0.4, 0.5) is 0 Å². The predicted octanol–water partition coefficient (Wildman–Crippen LogP) is 2.84. The molecule has 1 atom stereocenters. The number of carbonyl (C=O) groups is 2. The standard InChI is InChI=1S/C22H29N3O2/c1-18(26)23-21(20-12-8-5-9-13-20)16-22(27)25(15-14-24(2)3)17-19-10-6-4-7-11-19/h4-13,21H,14-17H2,1-3H3,(H,23,26). The van der Waals surface area contributed by atoms with Crippen molar-refractivity contribution in [2.45, 2.75) is 25.9 Å². The molecule has 2 amide bonds. The summed E-state index contributed by atoms with van der Waals surface area (Å²) in [7, 11) is 3.99. The van der Waals surface area contributed by atoms with Crippen LogP contribution in [0.5, 0.6) is 0 Å². The SMILES string of the molecule is CC(=O)NC(CC(=O)N(CCN(C)C)Cc1ccccc1)c1ccccc1. The van der Waals surface area contributed by atoms with Gasteiger partial charge in [-0.15, -0.1) is 0 Å². The van der Waals surface area contributed by atoms with Crippen molar-refractivity contribution < 1.29 is 9.59 Å². The zero-order chi connectivity index (χ0) is 19.6. The first-order valence-electron chi connectivity index (χ1n) is 9.24. The van der Waals surface area contributed by atoms with Crippen LogP contribution in [-0.2, 0) is 16.1 Å². The second-order valence-electron chi connectivity index (χ2n) is 6.97. The number of amides is 2. The van der Waals surface area contributed by atoms with E-state index in [1.807, 2.05) is 79.7 Å². The minimum atomic E-state index is -0.325. The fraction of sp³-hybridized carbons (Fsp3) is 0.364. The molecule has 2 aromatic carbocycles. The fourth-order valence-corrected chi connectivity index (χ4v) is 2.90. The summed E-state index contributed by atoms with van der Waals surface area (Å²) in [6.07, 6.45) is 0.240. The van der Waals surface area contributed by atoms with Crippen molar-refractivity contribution in [3.05, 3.63) is 71.8 Å². The van der Waals surface area contributed by atoms with Crippen molar-refractivity contribution in [3.8, 4) is 0 Å². The second-order valence-corrected chi connectivity index (χ2v) is 6.97. The molecule has 0 bridgehead atoms. The fourth-order valence-electron chi connectivity index (χ4n) is 2.90. The Hall–Kier alpha value is -2.66. The van der Waals surface area contributed by atoms with Gasteiger partial charge in [0.1, 0.15) is 0 Å². The molecule has 1 unspecified atom stereocenters. The summed E-state index contributed by atoms with van der Waals surface area (Å²) in [4.78, 5) is 28.7. The summed E-state index contributed by atoms with van der Waals surface area (Å²) in [6.45, 7) is 3.47. The second kappa shape index (κ2) is 10.5. The predicted molar refractivity (Wildman–Crippen MR) is 108 cm³/mol. The van der Waals surface area contributed by atoms with E-state index in [0.29, 0.717) is 13.1 Å². The Labute approximate surface area is 162 Å². The van der Waals surface area contributed by atoms with Gasteiger partial charge in [0.15, 0.2) is 0 Å². The lowest BCUT2D eigenvalue weighted by Gasteiger charge is -2.27. The van der Waals surface area contributed by atoms with Gasteiger partial charge >= 0.3 is 0 Å². The summed E-state index contributed by atoms with van der Waals surface area (Å²) in [5, 5.41) is 2.91. The van der Waals surface area contributed by atoms with E-state index in [-0.39, 0.29) is 24.3 Å². The molecule has 0 fully saturated rings. The molecule has 27 heavy (non-hydrogen) atoms. The number of hydrogen-bond acceptors (Lipinski definition) is 3. The summed E-state index contributed by atoms with van der Waals surface area (Å²) < 4.78 is 0. The number of rotatable bonds is 9. The normalized spacial score (nSPS) is 11.9. The molecule has 0 spiro atoms. The van der Waals surface area contributed by atoms with E-state index in [2.05, 4.69) is 10.2 Å². The van der Waals surface area contributed by atoms with Crippen LogP contribution in [0.25, 0.3) is 0 Å². The number of likely N-dealkylation sites (N-methyl/N-ethyl adjacent to an activating group) is 1. The van der Waals surface area contributed by atoms with Gasteiger partial charge in [0.2, 0.25) is 11.8 Å². The molecule has 5 nitrogen and oxygen atoms in total. The summed E-state index contributed by atoms with van der Waals surface area (Å²) in [6, 6.07) is 19.3. The molecule has 0 aliphatic rings. The van der Waals surface area contributed by atoms with E-state index in [4.69, 9.17) is 0 Å². The number of nitrogens with zero attached hydrogens (tertiary/aromatic N) is 2. The van der Waals surface area contributed by atoms with Gasteiger partial charge in [-0.1, -0.05) is 60.7 Å². The smallest absolute Gasteiger partial charge is 0.225 e. The average Bonchev–Trinajstić information content (AvgIpc) is 2.65. The van der Waals surface area contributed by atoms with E-state index < -0.39 is 0 Å². The lowest BCUT2D eigenvalue weighted by Crippen LogP contribution is -2.39. The van der Waals surface area contributed by atoms with Gasteiger partial charge in [-0.25, -0.2) is 0 Å². The van der Waals surface area contributed by atoms with Crippen LogP contribution in [0, 0.1) is 0 Å². The minimum Gasteiger partial charge on any atom is -0.349 e. The van der Waals surface area contributed by atoms with Gasteiger partial charge in [-0.2, -0.15) is 0 Å². The van der Waals surface area contributed by atoms with E-state index >= 15 is 0 Å². The van der Waals surface area contributed by atoms with Crippen molar-refractivity contribution in [1.29, 1.82) is 0 Å². The Balaban J connectivity index is 2.14. The average molecular weight is 367 g/mol. The van der Waals surface area contributed by atoms with Crippen LogP contribution in [0.2, 0.25) is 0 Å². The Kier molecular flexibility index (Phi) is 8.01. The van der Waals surface area contributed by atoms with Crippen molar-refractivity contribution in [2.24, 2.45) is 0 Å². The molecule has 144 valence electrons. The van der Waals surface area contributed by atoms with E-state index in [0.717, 1.165) is 17.7 Å². The topological polar surface area (TPSA) is 52.7 Å². The third-order valence-electron chi connectivity index (χ3n) is 4.34. The van der Waals surface area contributed by atoms with E-state index in [1.54, 1.807) is 0 Å². The number of benzene rings is 2. The van der Waals surface area contributed by atoms with Crippen molar-refractivity contribution in [2.75, 3.05) is 27.2 Å². The highest BCUT2D eigenvalue weighted by atomic mass is 16.2. The molecule has 2 aromatic rings. The van der Waals surface area contributed by atoms with Crippen molar-refractivity contribution >= 4 is 11.8 Å². The lowest BCUT2D eigenvalue weighted by atomic mass is 10.0. The quantitative estimate of drug-likeness (QED) is 0.741. The van der Waals surface area contributed by atoms with Crippen LogP contribution in [-0.4, -0.2) is 48.8 Å². The molecule has 2 rings (SSSR count). The lowest BCUT2D eigenvalue weighted by molar-refractivity contribution is -0.132. The number of hydrogen-bond donors (Lipinski definition) is 1. The molecule has 5 heteroatoms. The molecule has 0 radical (unpaired) electrons. The Bertz CT molecular complexity index is 717. The molecular formula is C22H29N3O2. The van der Waals surface area contributed by atoms with Gasteiger partial charge in [-0.05, 0) is 25.2 Å². The first-order valence-corrected chi connectivity index (χ1v) is 9.24. The van der Waals surface area contributed by atoms with Crippen LogP contribution < -0.4 is 5.32 Å². The van der Waals surface area contributed by atoms with Crippen LogP contribution in [0.3, 0.4) is 0 Å². The van der Waals surface area contributed by atoms with Crippen LogP contribution >= 0.6 is 0 Å². The summed E-state index contributed by atoms with van der Waals surface area (Å²) in [5.41, 5.74) is 2.04. The molecule has 0 saturated heterocycles. The third-order valence-corrected chi connectivity index (χ3v) is 4.34. The first-order chi connectivity index (χ1) is 13.0. The molecule has 1 N–H and O–H groups in total. The summed E-state index contributed by atoms with van der Waals surface area (Å²) in [5.74, 6) is -0.108. The molecule has 0 aromatic heterocycles. The minimum absolute atomic E-state index is 0.0308. The molecule has 0 heterocycles. The monoisotopic (exact) mass is 367 g/mol. The zero-order valence-corrected chi connectivity index (χ0v) is 16.4. The van der Waals surface area contributed by atoms with Crippen molar-refractivity contribution in [3.63, 3.8) is 0 Å². The highest BCUT2D eigenvalue weighted by Crippen LogP contribution is 2.19. The maximum atomic E-state index is 13.1. The van der Waals surface area contributed by atoms with Gasteiger partial charge < -0.3 is 15.1 Å². The Morgan fingerprint density at radius 2 is 1.52 bits per heavy atom. The van der Waals surface area contributed by atoms with Crippen LogP contribution in [0.15, 0.2) is 60.7 Å². The Morgan fingerprint density at radius 1 is 0.926 bits per heavy atom. The largest absolute Gasteiger partial charge is 0.349 e. The first kappa shape index (κ1) is 20.6. The number of nitrogens with one attached hydrogen (secondary N) is 1. The third kappa shape index (κ3) is 7.23. The van der Waals surface area contributed by atoms with Crippen LogP contribution in [0.1, 0.15) is 30.5 Å². The molecule has 0 saturated carbocycles. The maximum Gasteiger partial charge on any atom is 0.225 e. The van der Waals surface area contributed by atoms with Gasteiger partial charge in [0.25, 0.3) is 0 Å². The van der Waals surface area contributed by atoms with Gasteiger partial charge in [-0.3, -0.25) is 9.59 Å². The van der Waals surface area contributed by atoms with Gasteiger partial charge in [0, 0.05) is 26.6 Å². The van der Waals surface area contributed by atoms with E-state index in [9.17, 15) is 9.59 Å².